The van der Waals surface area contributed by atoms with Gasteiger partial charge in [-0.25, -0.2) is 4.79 Å². The number of rotatable bonds is 5. The quantitative estimate of drug-likeness (QED) is 0.397. The number of benzene rings is 1. The van der Waals surface area contributed by atoms with Crippen LogP contribution >= 0.6 is 22.7 Å². The Labute approximate surface area is 192 Å². The number of thiophene rings is 2. The predicted octanol–water partition coefficient (Wildman–Crippen LogP) is 4.96. The summed E-state index contributed by atoms with van der Waals surface area (Å²) in [7, 11) is 0. The number of fused-ring (bicyclic) bond motifs is 1. The van der Waals surface area contributed by atoms with E-state index < -0.39 is 29.2 Å². The van der Waals surface area contributed by atoms with Gasteiger partial charge in [0.1, 0.15) is 5.00 Å². The number of halogens is 3. The zero-order valence-corrected chi connectivity index (χ0v) is 18.4. The van der Waals surface area contributed by atoms with Crippen molar-refractivity contribution in [1.29, 1.82) is 0 Å². The van der Waals surface area contributed by atoms with Gasteiger partial charge < -0.3 is 10.1 Å². The molecule has 3 heterocycles. The van der Waals surface area contributed by atoms with Gasteiger partial charge in [0, 0.05) is 16.1 Å². The van der Waals surface area contributed by atoms with Gasteiger partial charge >= 0.3 is 12.1 Å². The van der Waals surface area contributed by atoms with E-state index in [4.69, 9.17) is 4.74 Å². The second-order valence-corrected chi connectivity index (χ2v) is 8.31. The number of nitrogens with zero attached hydrogens (tertiary/aromatic N) is 2. The van der Waals surface area contributed by atoms with Gasteiger partial charge in [0.25, 0.3) is 11.5 Å². The van der Waals surface area contributed by atoms with Gasteiger partial charge in [0.15, 0.2) is 5.69 Å². The standard InChI is InChI=1S/C21H14F3N3O4S2/c1-2-31-20(30)16-14-10-33-18(25-17(28)11-7-8-32-9-11)15(14)19(29)27(26-16)13-5-3-12(4-6-13)21(22,23)24/h3-10H,2H2,1H3,(H,25,28). The Balaban J connectivity index is 1.88. The van der Waals surface area contributed by atoms with Crippen LogP contribution in [-0.4, -0.2) is 28.3 Å². The van der Waals surface area contributed by atoms with E-state index in [9.17, 15) is 27.6 Å². The van der Waals surface area contributed by atoms with Gasteiger partial charge in [-0.3, -0.25) is 9.59 Å². The fraction of sp³-hybridized carbons (Fsp3) is 0.143. The third-order valence-corrected chi connectivity index (χ3v) is 6.15. The van der Waals surface area contributed by atoms with E-state index in [1.807, 2.05) is 0 Å². The fourth-order valence-electron chi connectivity index (χ4n) is 3.03. The summed E-state index contributed by atoms with van der Waals surface area (Å²) in [6, 6.07) is 5.39. The summed E-state index contributed by atoms with van der Waals surface area (Å²) < 4.78 is 44.6. The molecule has 7 nitrogen and oxygen atoms in total. The molecule has 0 fully saturated rings. The van der Waals surface area contributed by atoms with Crippen molar-refractivity contribution in [1.82, 2.24) is 9.78 Å². The summed E-state index contributed by atoms with van der Waals surface area (Å²) in [6.45, 7) is 1.65. The SMILES string of the molecule is CCOC(=O)c1nn(-c2ccc(C(F)(F)F)cc2)c(=O)c2c(NC(=O)c3ccsc3)scc12. The molecule has 170 valence electrons. The van der Waals surface area contributed by atoms with Gasteiger partial charge in [-0.2, -0.15) is 34.3 Å². The Bertz CT molecular complexity index is 1390. The predicted molar refractivity (Wildman–Crippen MR) is 118 cm³/mol. The Kier molecular flexibility index (Phi) is 6.04. The van der Waals surface area contributed by atoms with E-state index in [-0.39, 0.29) is 33.8 Å². The molecule has 0 radical (unpaired) electrons. The molecule has 1 aromatic carbocycles. The molecule has 0 saturated heterocycles. The molecule has 4 aromatic rings. The van der Waals surface area contributed by atoms with Crippen LogP contribution in [0.5, 0.6) is 0 Å². The van der Waals surface area contributed by atoms with Gasteiger partial charge in [0.05, 0.1) is 28.8 Å². The van der Waals surface area contributed by atoms with Crippen molar-refractivity contribution in [2.24, 2.45) is 0 Å². The van der Waals surface area contributed by atoms with Gasteiger partial charge in [-0.15, -0.1) is 11.3 Å². The second-order valence-electron chi connectivity index (χ2n) is 6.65. The summed E-state index contributed by atoms with van der Waals surface area (Å²) in [5.41, 5.74) is -1.39. The van der Waals surface area contributed by atoms with Gasteiger partial charge in [-0.05, 0) is 42.6 Å². The van der Waals surface area contributed by atoms with Crippen molar-refractivity contribution >= 4 is 50.3 Å². The van der Waals surface area contributed by atoms with E-state index in [1.54, 1.807) is 23.8 Å². The Hall–Kier alpha value is -3.51. The minimum atomic E-state index is -4.55. The average molecular weight is 493 g/mol. The third-order valence-electron chi connectivity index (χ3n) is 4.57. The zero-order chi connectivity index (χ0) is 23.8. The molecule has 12 heteroatoms. The number of aromatic nitrogens is 2. The number of ether oxygens (including phenoxy) is 1. The maximum atomic E-state index is 13.3. The number of hydrogen-bond acceptors (Lipinski definition) is 7. The number of carbonyl (C=O) groups is 2. The van der Waals surface area contributed by atoms with Gasteiger partial charge in [-0.1, -0.05) is 0 Å². The second kappa shape index (κ2) is 8.79. The Morgan fingerprint density at radius 3 is 2.48 bits per heavy atom. The molecule has 0 atom stereocenters. The molecule has 0 bridgehead atoms. The number of nitrogens with one attached hydrogen (secondary N) is 1. The molecule has 0 unspecified atom stereocenters. The van der Waals surface area contributed by atoms with Crippen molar-refractivity contribution < 1.29 is 27.5 Å². The fourth-order valence-corrected chi connectivity index (χ4v) is 4.60. The van der Waals surface area contributed by atoms with Crippen molar-refractivity contribution in [3.8, 4) is 5.69 Å². The molecule has 33 heavy (non-hydrogen) atoms. The Morgan fingerprint density at radius 2 is 1.88 bits per heavy atom. The largest absolute Gasteiger partial charge is 0.461 e. The van der Waals surface area contributed by atoms with Gasteiger partial charge in [0.2, 0.25) is 0 Å². The van der Waals surface area contributed by atoms with Crippen LogP contribution in [0.15, 0.2) is 51.3 Å². The topological polar surface area (TPSA) is 90.3 Å². The summed E-state index contributed by atoms with van der Waals surface area (Å²) in [5, 5.41) is 11.9. The highest BCUT2D eigenvalue weighted by atomic mass is 32.1. The lowest BCUT2D eigenvalue weighted by atomic mass is 10.2. The number of alkyl halides is 3. The minimum absolute atomic E-state index is 0.00142. The number of anilines is 1. The van der Waals surface area contributed by atoms with Crippen molar-refractivity contribution in [3.05, 3.63) is 73.6 Å². The summed E-state index contributed by atoms with van der Waals surface area (Å²) >= 11 is 2.35. The first-order valence-corrected chi connectivity index (χ1v) is 11.3. The lowest BCUT2D eigenvalue weighted by Gasteiger charge is -2.11. The monoisotopic (exact) mass is 493 g/mol. The molecular weight excluding hydrogens is 479 g/mol. The zero-order valence-electron chi connectivity index (χ0n) is 16.8. The van der Waals surface area contributed by atoms with Crippen molar-refractivity contribution in [3.63, 3.8) is 0 Å². The van der Waals surface area contributed by atoms with Crippen LogP contribution in [-0.2, 0) is 10.9 Å². The molecule has 0 aliphatic rings. The van der Waals surface area contributed by atoms with Crippen molar-refractivity contribution in [2.45, 2.75) is 13.1 Å². The Morgan fingerprint density at radius 1 is 1.15 bits per heavy atom. The number of amides is 1. The number of carbonyl (C=O) groups excluding carboxylic acids is 2. The lowest BCUT2D eigenvalue weighted by Crippen LogP contribution is -2.25. The van der Waals surface area contributed by atoms with Crippen LogP contribution in [0.25, 0.3) is 16.5 Å². The van der Waals surface area contributed by atoms with E-state index >= 15 is 0 Å². The molecular formula is C21H14F3N3O4S2. The van der Waals surface area contributed by atoms with E-state index in [1.165, 1.54) is 16.7 Å². The van der Waals surface area contributed by atoms with E-state index in [2.05, 4.69) is 10.4 Å². The van der Waals surface area contributed by atoms with Crippen molar-refractivity contribution in [2.75, 3.05) is 11.9 Å². The maximum absolute atomic E-state index is 13.3. The molecule has 0 spiro atoms. The molecule has 1 N–H and O–H groups in total. The molecule has 3 aromatic heterocycles. The number of hydrogen-bond donors (Lipinski definition) is 1. The lowest BCUT2D eigenvalue weighted by molar-refractivity contribution is -0.137. The summed E-state index contributed by atoms with van der Waals surface area (Å²) in [5.74, 6) is -1.26. The first-order valence-electron chi connectivity index (χ1n) is 9.43. The number of esters is 1. The molecule has 0 aliphatic heterocycles. The van der Waals surface area contributed by atoms with Crippen LogP contribution < -0.4 is 10.9 Å². The first-order chi connectivity index (χ1) is 15.7. The summed E-state index contributed by atoms with van der Waals surface area (Å²) in [4.78, 5) is 38.3. The third kappa shape index (κ3) is 4.39. The highest BCUT2D eigenvalue weighted by molar-refractivity contribution is 7.16. The average Bonchev–Trinajstić information content (AvgIpc) is 3.45. The van der Waals surface area contributed by atoms with Crippen LogP contribution in [0.3, 0.4) is 0 Å². The smallest absolute Gasteiger partial charge is 0.416 e. The van der Waals surface area contributed by atoms with E-state index in [0.717, 1.165) is 40.3 Å². The maximum Gasteiger partial charge on any atom is 0.416 e. The van der Waals surface area contributed by atoms with Crippen LogP contribution in [0.4, 0.5) is 18.2 Å². The molecule has 4 rings (SSSR count). The van der Waals surface area contributed by atoms with E-state index in [0.29, 0.717) is 5.56 Å². The minimum Gasteiger partial charge on any atom is -0.461 e. The molecule has 0 saturated carbocycles. The summed E-state index contributed by atoms with van der Waals surface area (Å²) in [6.07, 6.45) is -4.55. The van der Waals surface area contributed by atoms with Crippen LogP contribution in [0.1, 0.15) is 33.3 Å². The molecule has 1 amide bonds. The highest BCUT2D eigenvalue weighted by Gasteiger charge is 2.30. The molecule has 0 aliphatic carbocycles. The first kappa shape index (κ1) is 22.7. The van der Waals surface area contributed by atoms with Crippen LogP contribution in [0.2, 0.25) is 0 Å². The van der Waals surface area contributed by atoms with Crippen LogP contribution in [0, 0.1) is 0 Å². The highest BCUT2D eigenvalue weighted by Crippen LogP contribution is 2.32. The normalized spacial score (nSPS) is 11.5.